The molecule has 1 fully saturated rings. The first-order chi connectivity index (χ1) is 13.4. The zero-order chi connectivity index (χ0) is 19.7. The first-order valence-electron chi connectivity index (χ1n) is 10.1. The van der Waals surface area contributed by atoms with E-state index in [2.05, 4.69) is 60.2 Å². The minimum absolute atomic E-state index is 0.0391. The Hall–Kier alpha value is -2.53. The Bertz CT molecular complexity index is 807. The maximum Gasteiger partial charge on any atom is 0.322 e. The second kappa shape index (κ2) is 7.47. The van der Waals surface area contributed by atoms with Crippen molar-refractivity contribution in [1.82, 2.24) is 9.80 Å². The first-order valence-corrected chi connectivity index (χ1v) is 10.1. The van der Waals surface area contributed by atoms with Crippen molar-refractivity contribution in [3.8, 4) is 0 Å². The monoisotopic (exact) mass is 378 g/mol. The molecule has 0 bridgehead atoms. The van der Waals surface area contributed by atoms with Gasteiger partial charge in [0, 0.05) is 56.2 Å². The van der Waals surface area contributed by atoms with E-state index in [4.69, 9.17) is 0 Å². The predicted octanol–water partition coefficient (Wildman–Crippen LogP) is 4.15. The second-order valence-corrected chi connectivity index (χ2v) is 8.75. The summed E-state index contributed by atoms with van der Waals surface area (Å²) in [4.78, 5) is 19.4. The summed E-state index contributed by atoms with van der Waals surface area (Å²) < 4.78 is 0. The molecule has 2 aromatic carbocycles. The molecule has 0 saturated carbocycles. The number of rotatable bonds is 2. The molecular formula is C23H30N4O. The Labute approximate surface area is 167 Å². The molecule has 0 atom stereocenters. The number of anilines is 2. The van der Waals surface area contributed by atoms with Crippen LogP contribution in [0.4, 0.5) is 16.2 Å². The SMILES string of the molecule is CC(C)(C)N1CCN(c2ccc(NC(=O)N3Cc4ccccc4C3)cc2)CC1. The van der Waals surface area contributed by atoms with Crippen molar-refractivity contribution in [3.63, 3.8) is 0 Å². The van der Waals surface area contributed by atoms with E-state index in [0.717, 1.165) is 31.9 Å². The normalized spacial score (nSPS) is 17.5. The fraction of sp³-hybridized carbons (Fsp3) is 0.435. The van der Waals surface area contributed by atoms with Crippen LogP contribution < -0.4 is 10.2 Å². The number of carbonyl (C=O) groups excluding carboxylic acids is 1. The van der Waals surface area contributed by atoms with Gasteiger partial charge in [-0.25, -0.2) is 4.79 Å². The molecule has 28 heavy (non-hydrogen) atoms. The molecule has 2 aliphatic heterocycles. The van der Waals surface area contributed by atoms with Gasteiger partial charge in [0.2, 0.25) is 0 Å². The van der Waals surface area contributed by atoms with E-state index in [0.29, 0.717) is 13.1 Å². The third-order valence-electron chi connectivity index (χ3n) is 5.84. The van der Waals surface area contributed by atoms with Crippen molar-refractivity contribution in [1.29, 1.82) is 0 Å². The number of carbonyl (C=O) groups is 1. The van der Waals surface area contributed by atoms with Gasteiger partial charge < -0.3 is 15.1 Å². The average Bonchev–Trinajstić information content (AvgIpc) is 3.12. The number of urea groups is 1. The maximum absolute atomic E-state index is 12.6. The highest BCUT2D eigenvalue weighted by Crippen LogP contribution is 2.25. The first kappa shape index (κ1) is 18.8. The van der Waals surface area contributed by atoms with Crippen LogP contribution in [0.25, 0.3) is 0 Å². The van der Waals surface area contributed by atoms with Crippen LogP contribution in [0.15, 0.2) is 48.5 Å². The van der Waals surface area contributed by atoms with Crippen molar-refractivity contribution in [3.05, 3.63) is 59.7 Å². The van der Waals surface area contributed by atoms with E-state index >= 15 is 0 Å². The van der Waals surface area contributed by atoms with Crippen molar-refractivity contribution in [2.24, 2.45) is 0 Å². The van der Waals surface area contributed by atoms with Crippen molar-refractivity contribution >= 4 is 17.4 Å². The van der Waals surface area contributed by atoms with Gasteiger partial charge in [0.05, 0.1) is 0 Å². The Morgan fingerprint density at radius 1 is 0.857 bits per heavy atom. The highest BCUT2D eigenvalue weighted by molar-refractivity contribution is 5.89. The van der Waals surface area contributed by atoms with Gasteiger partial charge in [-0.05, 0) is 56.2 Å². The van der Waals surface area contributed by atoms with Crippen molar-refractivity contribution in [2.75, 3.05) is 36.4 Å². The lowest BCUT2D eigenvalue weighted by molar-refractivity contribution is 0.128. The zero-order valence-electron chi connectivity index (χ0n) is 17.1. The van der Waals surface area contributed by atoms with E-state index in [1.165, 1.54) is 16.8 Å². The fourth-order valence-electron chi connectivity index (χ4n) is 4.07. The lowest BCUT2D eigenvalue weighted by Gasteiger charge is -2.43. The molecule has 5 nitrogen and oxygen atoms in total. The molecule has 148 valence electrons. The molecule has 4 rings (SSSR count). The van der Waals surface area contributed by atoms with Gasteiger partial charge in [-0.1, -0.05) is 24.3 Å². The molecule has 2 heterocycles. The van der Waals surface area contributed by atoms with Crippen LogP contribution in [0.2, 0.25) is 0 Å². The highest BCUT2D eigenvalue weighted by atomic mass is 16.2. The van der Waals surface area contributed by atoms with E-state index < -0.39 is 0 Å². The highest BCUT2D eigenvalue weighted by Gasteiger charge is 2.26. The maximum atomic E-state index is 12.6. The molecule has 0 radical (unpaired) electrons. The van der Waals surface area contributed by atoms with Crippen LogP contribution in [-0.2, 0) is 13.1 Å². The number of hydrogen-bond acceptors (Lipinski definition) is 3. The lowest BCUT2D eigenvalue weighted by atomic mass is 10.0. The van der Waals surface area contributed by atoms with Gasteiger partial charge in [0.1, 0.15) is 0 Å². The lowest BCUT2D eigenvalue weighted by Crippen LogP contribution is -2.53. The standard InChI is InChI=1S/C23H30N4O/c1-23(2,3)27-14-12-25(13-15-27)21-10-8-20(9-11-21)24-22(28)26-16-18-6-4-5-7-19(18)17-26/h4-11H,12-17H2,1-3H3,(H,24,28). The van der Waals surface area contributed by atoms with Crippen molar-refractivity contribution < 1.29 is 4.79 Å². The van der Waals surface area contributed by atoms with Gasteiger partial charge in [-0.3, -0.25) is 4.90 Å². The Balaban J connectivity index is 1.32. The molecular weight excluding hydrogens is 348 g/mol. The largest absolute Gasteiger partial charge is 0.369 e. The number of piperazine rings is 1. The molecule has 1 N–H and O–H groups in total. The minimum Gasteiger partial charge on any atom is -0.369 e. The molecule has 2 amide bonds. The molecule has 0 aromatic heterocycles. The molecule has 5 heteroatoms. The number of nitrogens with one attached hydrogen (secondary N) is 1. The Morgan fingerprint density at radius 2 is 1.43 bits per heavy atom. The summed E-state index contributed by atoms with van der Waals surface area (Å²) in [7, 11) is 0. The summed E-state index contributed by atoms with van der Waals surface area (Å²) in [6.07, 6.45) is 0. The molecule has 2 aromatic rings. The third kappa shape index (κ3) is 3.99. The van der Waals surface area contributed by atoms with E-state index in [-0.39, 0.29) is 11.6 Å². The van der Waals surface area contributed by atoms with E-state index in [9.17, 15) is 4.79 Å². The number of fused-ring (bicyclic) bond motifs is 1. The summed E-state index contributed by atoms with van der Waals surface area (Å²) in [6.45, 7) is 12.4. The van der Waals surface area contributed by atoms with Gasteiger partial charge in [0.25, 0.3) is 0 Å². The van der Waals surface area contributed by atoms with Crippen LogP contribution in [-0.4, -0.2) is 47.5 Å². The molecule has 0 aliphatic carbocycles. The molecule has 0 unspecified atom stereocenters. The third-order valence-corrected chi connectivity index (χ3v) is 5.84. The second-order valence-electron chi connectivity index (χ2n) is 8.75. The Kier molecular flexibility index (Phi) is 5.02. The molecule has 2 aliphatic rings. The quantitative estimate of drug-likeness (QED) is 0.853. The van der Waals surface area contributed by atoms with Crippen LogP contribution in [0, 0.1) is 0 Å². The summed E-state index contributed by atoms with van der Waals surface area (Å²) in [5.74, 6) is 0. The zero-order valence-corrected chi connectivity index (χ0v) is 17.1. The smallest absolute Gasteiger partial charge is 0.322 e. The van der Waals surface area contributed by atoms with Gasteiger partial charge >= 0.3 is 6.03 Å². The van der Waals surface area contributed by atoms with Crippen LogP contribution >= 0.6 is 0 Å². The predicted molar refractivity (Wildman–Crippen MR) is 115 cm³/mol. The summed E-state index contributed by atoms with van der Waals surface area (Å²) in [5.41, 5.74) is 4.78. The van der Waals surface area contributed by atoms with Crippen LogP contribution in [0.3, 0.4) is 0 Å². The molecule has 0 spiro atoms. The van der Waals surface area contributed by atoms with Crippen LogP contribution in [0.1, 0.15) is 31.9 Å². The summed E-state index contributed by atoms with van der Waals surface area (Å²) in [6, 6.07) is 16.4. The van der Waals surface area contributed by atoms with Gasteiger partial charge in [-0.15, -0.1) is 0 Å². The topological polar surface area (TPSA) is 38.8 Å². The minimum atomic E-state index is -0.0391. The van der Waals surface area contributed by atoms with Gasteiger partial charge in [0.15, 0.2) is 0 Å². The van der Waals surface area contributed by atoms with Crippen molar-refractivity contribution in [2.45, 2.75) is 39.4 Å². The number of amides is 2. The number of nitrogens with zero attached hydrogens (tertiary/aromatic N) is 3. The average molecular weight is 379 g/mol. The van der Waals surface area contributed by atoms with Gasteiger partial charge in [-0.2, -0.15) is 0 Å². The van der Waals surface area contributed by atoms with E-state index in [1.807, 2.05) is 29.2 Å². The van der Waals surface area contributed by atoms with Crippen LogP contribution in [0.5, 0.6) is 0 Å². The van der Waals surface area contributed by atoms with E-state index in [1.54, 1.807) is 0 Å². The fourth-order valence-corrected chi connectivity index (χ4v) is 4.07. The summed E-state index contributed by atoms with van der Waals surface area (Å²) >= 11 is 0. The molecule has 1 saturated heterocycles. The summed E-state index contributed by atoms with van der Waals surface area (Å²) in [5, 5.41) is 3.04. The number of benzene rings is 2. The Morgan fingerprint density at radius 3 is 1.96 bits per heavy atom. The number of hydrogen-bond donors (Lipinski definition) is 1.